The summed E-state index contributed by atoms with van der Waals surface area (Å²) in [6.07, 6.45) is 0. The van der Waals surface area contributed by atoms with E-state index in [4.69, 9.17) is 0 Å². The van der Waals surface area contributed by atoms with E-state index in [2.05, 4.69) is 66.0 Å². The van der Waals surface area contributed by atoms with E-state index in [9.17, 15) is 4.79 Å². The van der Waals surface area contributed by atoms with Crippen molar-refractivity contribution in [2.45, 2.75) is 40.2 Å². The van der Waals surface area contributed by atoms with Crippen LogP contribution in [0.25, 0.3) is 0 Å². The van der Waals surface area contributed by atoms with E-state index in [1.165, 1.54) is 11.1 Å². The molecule has 0 saturated carbocycles. The van der Waals surface area contributed by atoms with Crippen LogP contribution in [0.4, 0.5) is 0 Å². The molecule has 0 bridgehead atoms. The molecule has 0 aliphatic heterocycles. The zero-order chi connectivity index (χ0) is 20.4. The Morgan fingerprint density at radius 2 is 1.75 bits per heavy atom. The molecular weight excluding hydrogens is 348 g/mol. The number of benzene rings is 2. The lowest BCUT2D eigenvalue weighted by Crippen LogP contribution is -2.39. The number of aryl methyl sites for hydroxylation is 1. The molecule has 1 unspecified atom stereocenters. The molecule has 0 aliphatic carbocycles. The molecule has 0 spiro atoms. The molecule has 2 aromatic carbocycles. The Labute approximate surface area is 168 Å². The van der Waals surface area contributed by atoms with Crippen LogP contribution in [0.3, 0.4) is 0 Å². The number of aliphatic imine (C=N–C) groups is 1. The molecule has 2 rings (SSSR count). The molecule has 0 radical (unpaired) electrons. The molecule has 5 nitrogen and oxygen atoms in total. The Morgan fingerprint density at radius 1 is 1.00 bits per heavy atom. The van der Waals surface area contributed by atoms with Crippen LogP contribution in [0.5, 0.6) is 0 Å². The van der Waals surface area contributed by atoms with Crippen molar-refractivity contribution >= 4 is 11.9 Å². The molecule has 0 aliphatic rings. The number of carbonyl (C=O) groups excluding carboxylic acids is 1. The second-order valence-corrected chi connectivity index (χ2v) is 6.95. The Hall–Kier alpha value is -2.82. The highest BCUT2D eigenvalue weighted by Crippen LogP contribution is 2.15. The summed E-state index contributed by atoms with van der Waals surface area (Å²) in [5, 5.41) is 9.54. The SMILES string of the molecule is CCNC(=O)c1cccc(CN=C(NCC)NCC(C)c2cccc(C)c2)c1. The molecule has 0 saturated heterocycles. The van der Waals surface area contributed by atoms with Crippen molar-refractivity contribution in [2.75, 3.05) is 19.6 Å². The van der Waals surface area contributed by atoms with Gasteiger partial charge in [0.2, 0.25) is 0 Å². The molecule has 3 N–H and O–H groups in total. The van der Waals surface area contributed by atoms with Gasteiger partial charge in [0.05, 0.1) is 6.54 Å². The van der Waals surface area contributed by atoms with Gasteiger partial charge in [0.1, 0.15) is 0 Å². The molecule has 28 heavy (non-hydrogen) atoms. The fraction of sp³-hybridized carbons (Fsp3) is 0.391. The van der Waals surface area contributed by atoms with Crippen molar-refractivity contribution in [3.8, 4) is 0 Å². The zero-order valence-electron chi connectivity index (χ0n) is 17.4. The third-order valence-corrected chi connectivity index (χ3v) is 4.48. The minimum Gasteiger partial charge on any atom is -0.357 e. The monoisotopic (exact) mass is 380 g/mol. The molecule has 5 heteroatoms. The molecule has 0 aromatic heterocycles. The van der Waals surface area contributed by atoms with Crippen LogP contribution in [-0.2, 0) is 6.54 Å². The van der Waals surface area contributed by atoms with Crippen molar-refractivity contribution in [1.82, 2.24) is 16.0 Å². The highest BCUT2D eigenvalue weighted by molar-refractivity contribution is 5.94. The van der Waals surface area contributed by atoms with Gasteiger partial charge in [0.25, 0.3) is 5.91 Å². The predicted octanol–water partition coefficient (Wildman–Crippen LogP) is 3.60. The van der Waals surface area contributed by atoms with E-state index in [1.807, 2.05) is 31.2 Å². The third kappa shape index (κ3) is 6.72. The van der Waals surface area contributed by atoms with Gasteiger partial charge in [-0.3, -0.25) is 4.79 Å². The van der Waals surface area contributed by atoms with Gasteiger partial charge < -0.3 is 16.0 Å². The Bertz CT molecular complexity index is 801. The van der Waals surface area contributed by atoms with Crippen LogP contribution in [0.15, 0.2) is 53.5 Å². The van der Waals surface area contributed by atoms with Crippen molar-refractivity contribution in [1.29, 1.82) is 0 Å². The van der Waals surface area contributed by atoms with E-state index < -0.39 is 0 Å². The Balaban J connectivity index is 2.00. The first-order valence-corrected chi connectivity index (χ1v) is 9.99. The lowest BCUT2D eigenvalue weighted by atomic mass is 9.99. The highest BCUT2D eigenvalue weighted by Gasteiger charge is 2.08. The van der Waals surface area contributed by atoms with Gasteiger partial charge in [-0.1, -0.05) is 48.9 Å². The first-order chi connectivity index (χ1) is 13.5. The van der Waals surface area contributed by atoms with Gasteiger partial charge in [-0.2, -0.15) is 0 Å². The van der Waals surface area contributed by atoms with Gasteiger partial charge in [0, 0.05) is 25.2 Å². The lowest BCUT2D eigenvalue weighted by molar-refractivity contribution is 0.0955. The summed E-state index contributed by atoms with van der Waals surface area (Å²) in [5.41, 5.74) is 4.27. The van der Waals surface area contributed by atoms with Gasteiger partial charge >= 0.3 is 0 Å². The fourth-order valence-electron chi connectivity index (χ4n) is 2.93. The summed E-state index contributed by atoms with van der Waals surface area (Å²) in [6.45, 7) is 11.0. The van der Waals surface area contributed by atoms with Gasteiger partial charge in [-0.15, -0.1) is 0 Å². The summed E-state index contributed by atoms with van der Waals surface area (Å²) in [4.78, 5) is 16.7. The van der Waals surface area contributed by atoms with Crippen LogP contribution >= 0.6 is 0 Å². The summed E-state index contributed by atoms with van der Waals surface area (Å²) >= 11 is 0. The van der Waals surface area contributed by atoms with Gasteiger partial charge in [0.15, 0.2) is 5.96 Å². The lowest BCUT2D eigenvalue weighted by Gasteiger charge is -2.16. The van der Waals surface area contributed by atoms with Crippen LogP contribution < -0.4 is 16.0 Å². The van der Waals surface area contributed by atoms with Crippen molar-refractivity contribution in [2.24, 2.45) is 4.99 Å². The first kappa shape index (κ1) is 21.5. The maximum absolute atomic E-state index is 12.0. The number of guanidine groups is 1. The van der Waals surface area contributed by atoms with Crippen molar-refractivity contribution in [3.05, 3.63) is 70.8 Å². The van der Waals surface area contributed by atoms with E-state index in [0.29, 0.717) is 24.6 Å². The summed E-state index contributed by atoms with van der Waals surface area (Å²) in [7, 11) is 0. The Kier molecular flexibility index (Phi) is 8.53. The minimum atomic E-state index is -0.0506. The highest BCUT2D eigenvalue weighted by atomic mass is 16.1. The maximum atomic E-state index is 12.0. The second kappa shape index (κ2) is 11.1. The Morgan fingerprint density at radius 3 is 2.46 bits per heavy atom. The maximum Gasteiger partial charge on any atom is 0.251 e. The van der Waals surface area contributed by atoms with E-state index in [1.54, 1.807) is 0 Å². The quantitative estimate of drug-likeness (QED) is 0.484. The molecule has 2 aromatic rings. The van der Waals surface area contributed by atoms with Crippen molar-refractivity contribution in [3.63, 3.8) is 0 Å². The van der Waals surface area contributed by atoms with E-state index in [-0.39, 0.29) is 5.91 Å². The second-order valence-electron chi connectivity index (χ2n) is 6.95. The van der Waals surface area contributed by atoms with E-state index in [0.717, 1.165) is 24.6 Å². The van der Waals surface area contributed by atoms with Gasteiger partial charge in [-0.05, 0) is 49.9 Å². The molecule has 0 heterocycles. The number of hydrogen-bond donors (Lipinski definition) is 3. The van der Waals surface area contributed by atoms with Crippen LogP contribution in [-0.4, -0.2) is 31.5 Å². The standard InChI is InChI=1S/C23H32N4O/c1-5-24-22(28)21-12-8-10-19(14-21)16-27-23(25-6-2)26-15-18(4)20-11-7-9-17(3)13-20/h7-14,18H,5-6,15-16H2,1-4H3,(H,24,28)(H2,25,26,27). The molecule has 1 atom stereocenters. The molecule has 0 fully saturated rings. The first-order valence-electron chi connectivity index (χ1n) is 9.99. The molecular formula is C23H32N4O. The topological polar surface area (TPSA) is 65.5 Å². The smallest absolute Gasteiger partial charge is 0.251 e. The number of nitrogens with one attached hydrogen (secondary N) is 3. The number of hydrogen-bond acceptors (Lipinski definition) is 2. The van der Waals surface area contributed by atoms with Crippen LogP contribution in [0.2, 0.25) is 0 Å². The normalized spacial score (nSPS) is 12.4. The summed E-state index contributed by atoms with van der Waals surface area (Å²) in [5.74, 6) is 1.11. The largest absolute Gasteiger partial charge is 0.357 e. The molecule has 150 valence electrons. The summed E-state index contributed by atoms with van der Waals surface area (Å²) < 4.78 is 0. The summed E-state index contributed by atoms with van der Waals surface area (Å²) in [6, 6.07) is 16.2. The fourth-order valence-corrected chi connectivity index (χ4v) is 2.93. The zero-order valence-corrected chi connectivity index (χ0v) is 17.4. The average Bonchev–Trinajstić information content (AvgIpc) is 2.70. The van der Waals surface area contributed by atoms with E-state index >= 15 is 0 Å². The van der Waals surface area contributed by atoms with Crippen molar-refractivity contribution < 1.29 is 4.79 Å². The number of nitrogens with zero attached hydrogens (tertiary/aromatic N) is 1. The third-order valence-electron chi connectivity index (χ3n) is 4.48. The number of amides is 1. The van der Waals surface area contributed by atoms with Crippen LogP contribution in [0.1, 0.15) is 53.7 Å². The predicted molar refractivity (Wildman–Crippen MR) is 117 cm³/mol. The number of rotatable bonds is 8. The number of carbonyl (C=O) groups is 1. The van der Waals surface area contributed by atoms with Gasteiger partial charge in [-0.25, -0.2) is 4.99 Å². The minimum absolute atomic E-state index is 0.0506. The van der Waals surface area contributed by atoms with Crippen LogP contribution in [0, 0.1) is 6.92 Å². The molecule has 1 amide bonds. The average molecular weight is 381 g/mol.